The lowest BCUT2D eigenvalue weighted by atomic mass is 10.0. The van der Waals surface area contributed by atoms with Gasteiger partial charge in [-0.3, -0.25) is 4.90 Å². The van der Waals surface area contributed by atoms with Crippen LogP contribution in [0.3, 0.4) is 0 Å². The van der Waals surface area contributed by atoms with Gasteiger partial charge in [0.05, 0.1) is 19.8 Å². The largest absolute Gasteiger partial charge is 0.497 e. The van der Waals surface area contributed by atoms with Crippen LogP contribution in [0.1, 0.15) is 36.1 Å². The van der Waals surface area contributed by atoms with Crippen LogP contribution in [0.5, 0.6) is 11.5 Å². The maximum absolute atomic E-state index is 6.02. The van der Waals surface area contributed by atoms with Crippen LogP contribution in [-0.2, 0) is 11.3 Å². The summed E-state index contributed by atoms with van der Waals surface area (Å²) in [5, 5.41) is 0. The van der Waals surface area contributed by atoms with Crippen molar-refractivity contribution in [1.29, 1.82) is 0 Å². The first-order valence-electron chi connectivity index (χ1n) is 9.40. The Bertz CT molecular complexity index is 697. The molecule has 4 heteroatoms. The molecule has 0 aromatic heterocycles. The SMILES string of the molecule is CCCN1CCOC(c2ccc(OCc3ccc(OC)cc3)cc2C)C1. The van der Waals surface area contributed by atoms with Crippen LogP contribution >= 0.6 is 0 Å². The lowest BCUT2D eigenvalue weighted by molar-refractivity contribution is -0.0301. The molecule has 0 bridgehead atoms. The van der Waals surface area contributed by atoms with Crippen LogP contribution < -0.4 is 9.47 Å². The predicted molar refractivity (Wildman–Crippen MR) is 104 cm³/mol. The molecule has 0 spiro atoms. The molecule has 1 aliphatic rings. The molecule has 1 saturated heterocycles. The highest BCUT2D eigenvalue weighted by Crippen LogP contribution is 2.28. The van der Waals surface area contributed by atoms with Crippen molar-refractivity contribution in [2.75, 3.05) is 33.4 Å². The third-order valence-electron chi connectivity index (χ3n) is 4.84. The van der Waals surface area contributed by atoms with Crippen molar-refractivity contribution < 1.29 is 14.2 Å². The molecule has 140 valence electrons. The van der Waals surface area contributed by atoms with E-state index in [1.807, 2.05) is 30.3 Å². The smallest absolute Gasteiger partial charge is 0.120 e. The van der Waals surface area contributed by atoms with Crippen LogP contribution in [0.4, 0.5) is 0 Å². The fourth-order valence-corrected chi connectivity index (χ4v) is 3.40. The summed E-state index contributed by atoms with van der Waals surface area (Å²) in [5.74, 6) is 1.75. The van der Waals surface area contributed by atoms with E-state index in [2.05, 4.69) is 30.9 Å². The monoisotopic (exact) mass is 355 g/mol. The third-order valence-corrected chi connectivity index (χ3v) is 4.84. The van der Waals surface area contributed by atoms with Crippen LogP contribution in [0.25, 0.3) is 0 Å². The zero-order valence-corrected chi connectivity index (χ0v) is 16.0. The van der Waals surface area contributed by atoms with Crippen LogP contribution in [-0.4, -0.2) is 38.3 Å². The van der Waals surface area contributed by atoms with Gasteiger partial charge in [0.25, 0.3) is 0 Å². The van der Waals surface area contributed by atoms with Crippen LogP contribution in [0.2, 0.25) is 0 Å². The van der Waals surface area contributed by atoms with E-state index in [1.54, 1.807) is 7.11 Å². The summed E-state index contributed by atoms with van der Waals surface area (Å²) in [4.78, 5) is 2.49. The van der Waals surface area contributed by atoms with Gasteiger partial charge < -0.3 is 14.2 Å². The van der Waals surface area contributed by atoms with Crippen molar-refractivity contribution >= 4 is 0 Å². The molecule has 26 heavy (non-hydrogen) atoms. The first-order chi connectivity index (χ1) is 12.7. The molecule has 2 aromatic rings. The van der Waals surface area contributed by atoms with Crippen molar-refractivity contribution in [3.05, 3.63) is 59.2 Å². The molecule has 1 aliphatic heterocycles. The predicted octanol–water partition coefficient (Wildman–Crippen LogP) is 4.37. The Morgan fingerprint density at radius 2 is 1.88 bits per heavy atom. The first-order valence-corrected chi connectivity index (χ1v) is 9.40. The lowest BCUT2D eigenvalue weighted by Crippen LogP contribution is -2.38. The number of aryl methyl sites for hydroxylation is 1. The van der Waals surface area contributed by atoms with Gasteiger partial charge in [0.1, 0.15) is 18.1 Å². The van der Waals surface area contributed by atoms with Crippen molar-refractivity contribution in [1.82, 2.24) is 4.90 Å². The molecule has 1 unspecified atom stereocenters. The van der Waals surface area contributed by atoms with E-state index in [0.717, 1.165) is 43.3 Å². The van der Waals surface area contributed by atoms with Crippen molar-refractivity contribution in [2.24, 2.45) is 0 Å². The molecule has 4 nitrogen and oxygen atoms in total. The normalized spacial score (nSPS) is 17.9. The molecule has 1 fully saturated rings. The maximum Gasteiger partial charge on any atom is 0.120 e. The number of benzene rings is 2. The summed E-state index contributed by atoms with van der Waals surface area (Å²) >= 11 is 0. The van der Waals surface area contributed by atoms with Gasteiger partial charge in [0.2, 0.25) is 0 Å². The number of rotatable bonds is 7. The minimum Gasteiger partial charge on any atom is -0.497 e. The van der Waals surface area contributed by atoms with Crippen LogP contribution in [0, 0.1) is 6.92 Å². The highest BCUT2D eigenvalue weighted by Gasteiger charge is 2.22. The summed E-state index contributed by atoms with van der Waals surface area (Å²) in [5.41, 5.74) is 3.61. The fourth-order valence-electron chi connectivity index (χ4n) is 3.40. The highest BCUT2D eigenvalue weighted by molar-refractivity contribution is 5.37. The molecule has 0 radical (unpaired) electrons. The molecular formula is C22H29NO3. The number of nitrogens with zero attached hydrogens (tertiary/aromatic N) is 1. The molecular weight excluding hydrogens is 326 g/mol. The second-order valence-corrected chi connectivity index (χ2v) is 6.82. The van der Waals surface area contributed by atoms with E-state index in [1.165, 1.54) is 17.5 Å². The minimum atomic E-state index is 0.158. The standard InChI is InChI=1S/C22H29NO3/c1-4-11-23-12-13-25-22(15-23)21-10-9-20(14-17(21)2)26-16-18-5-7-19(24-3)8-6-18/h5-10,14,22H,4,11-13,15-16H2,1-3H3. The van der Waals surface area contributed by atoms with E-state index in [4.69, 9.17) is 14.2 Å². The Labute approximate surface area is 156 Å². The molecule has 0 N–H and O–H groups in total. The average molecular weight is 355 g/mol. The number of hydrogen-bond donors (Lipinski definition) is 0. The van der Waals surface area contributed by atoms with Gasteiger partial charge in [-0.1, -0.05) is 25.1 Å². The van der Waals surface area contributed by atoms with Gasteiger partial charge >= 0.3 is 0 Å². The zero-order valence-electron chi connectivity index (χ0n) is 16.0. The van der Waals surface area contributed by atoms with Gasteiger partial charge in [-0.15, -0.1) is 0 Å². The van der Waals surface area contributed by atoms with Gasteiger partial charge in [-0.05, 0) is 60.8 Å². The first kappa shape index (κ1) is 18.7. The van der Waals surface area contributed by atoms with Gasteiger partial charge in [0.15, 0.2) is 0 Å². The average Bonchev–Trinajstić information content (AvgIpc) is 2.67. The minimum absolute atomic E-state index is 0.158. The van der Waals surface area contributed by atoms with E-state index >= 15 is 0 Å². The fraction of sp³-hybridized carbons (Fsp3) is 0.455. The Kier molecular flexibility index (Phi) is 6.53. The topological polar surface area (TPSA) is 30.9 Å². The Morgan fingerprint density at radius 3 is 2.58 bits per heavy atom. The molecule has 2 aromatic carbocycles. The van der Waals surface area contributed by atoms with Crippen molar-refractivity contribution in [3.8, 4) is 11.5 Å². The zero-order chi connectivity index (χ0) is 18.4. The Balaban J connectivity index is 1.61. The molecule has 0 aliphatic carbocycles. The Morgan fingerprint density at radius 1 is 1.12 bits per heavy atom. The second kappa shape index (κ2) is 9.06. The van der Waals surface area contributed by atoms with Gasteiger partial charge in [-0.2, -0.15) is 0 Å². The molecule has 1 heterocycles. The van der Waals surface area contributed by atoms with E-state index in [9.17, 15) is 0 Å². The Hall–Kier alpha value is -2.04. The summed E-state index contributed by atoms with van der Waals surface area (Å²) in [6, 6.07) is 14.3. The molecule has 0 saturated carbocycles. The quantitative estimate of drug-likeness (QED) is 0.738. The van der Waals surface area contributed by atoms with Crippen molar-refractivity contribution in [3.63, 3.8) is 0 Å². The number of ether oxygens (including phenoxy) is 3. The number of morpholine rings is 1. The van der Waals surface area contributed by atoms with E-state index in [-0.39, 0.29) is 6.10 Å². The van der Waals surface area contributed by atoms with Gasteiger partial charge in [0, 0.05) is 13.1 Å². The third kappa shape index (κ3) is 4.77. The van der Waals surface area contributed by atoms with Gasteiger partial charge in [-0.25, -0.2) is 0 Å². The lowest BCUT2D eigenvalue weighted by Gasteiger charge is -2.33. The van der Waals surface area contributed by atoms with E-state index < -0.39 is 0 Å². The number of methoxy groups -OCH3 is 1. The second-order valence-electron chi connectivity index (χ2n) is 6.82. The highest BCUT2D eigenvalue weighted by atomic mass is 16.5. The summed E-state index contributed by atoms with van der Waals surface area (Å²) in [6.45, 7) is 8.87. The summed E-state index contributed by atoms with van der Waals surface area (Å²) in [6.07, 6.45) is 1.34. The van der Waals surface area contributed by atoms with Crippen molar-refractivity contribution in [2.45, 2.75) is 33.0 Å². The van der Waals surface area contributed by atoms with E-state index in [0.29, 0.717) is 6.61 Å². The molecule has 1 atom stereocenters. The molecule has 3 rings (SSSR count). The number of hydrogen-bond acceptors (Lipinski definition) is 4. The molecule has 0 amide bonds. The summed E-state index contributed by atoms with van der Waals surface area (Å²) < 4.78 is 17.2. The maximum atomic E-state index is 6.02. The summed E-state index contributed by atoms with van der Waals surface area (Å²) in [7, 11) is 1.67. The van der Waals surface area contributed by atoms with Crippen LogP contribution in [0.15, 0.2) is 42.5 Å².